The van der Waals surface area contributed by atoms with E-state index >= 15 is 0 Å². The van der Waals surface area contributed by atoms with Crippen LogP contribution in [0.15, 0.2) is 77.3 Å². The summed E-state index contributed by atoms with van der Waals surface area (Å²) >= 11 is 5.78. The lowest BCUT2D eigenvalue weighted by Crippen LogP contribution is -2.10. The Kier molecular flexibility index (Phi) is 7.93. The quantitative estimate of drug-likeness (QED) is 0.317. The minimum Gasteiger partial charge on any atom is -0.489 e. The van der Waals surface area contributed by atoms with Crippen LogP contribution in [0.3, 0.4) is 0 Å². The van der Waals surface area contributed by atoms with E-state index in [4.69, 9.17) is 14.6 Å². The van der Waals surface area contributed by atoms with Crippen molar-refractivity contribution in [2.45, 2.75) is 6.92 Å². The summed E-state index contributed by atoms with van der Waals surface area (Å²) < 4.78 is 13.4. The van der Waals surface area contributed by atoms with Gasteiger partial charge in [-0.05, 0) is 100 Å². The summed E-state index contributed by atoms with van der Waals surface area (Å²) in [6.07, 6.45) is 2.07. The highest BCUT2D eigenvalue weighted by molar-refractivity contribution is 14.1. The van der Waals surface area contributed by atoms with E-state index in [2.05, 4.69) is 81.0 Å². The van der Waals surface area contributed by atoms with Crippen molar-refractivity contribution in [1.82, 2.24) is 0 Å². The zero-order chi connectivity index (χ0) is 21.5. The molecule has 154 valence electrons. The number of ether oxygens (including phenoxy) is 2. The van der Waals surface area contributed by atoms with Crippen molar-refractivity contribution in [2.75, 3.05) is 13.2 Å². The summed E-state index contributed by atoms with van der Waals surface area (Å²) in [5.74, 6) is 0.231. The van der Waals surface area contributed by atoms with Crippen LogP contribution in [0.2, 0.25) is 0 Å². The second kappa shape index (κ2) is 10.6. The maximum atomic E-state index is 10.7. The van der Waals surface area contributed by atoms with E-state index in [1.54, 1.807) is 12.1 Å². The average molecular weight is 579 g/mol. The highest BCUT2D eigenvalue weighted by Gasteiger charge is 2.07. The molecule has 0 aliphatic rings. The number of carboxylic acids is 1. The van der Waals surface area contributed by atoms with Crippen LogP contribution in [-0.4, -0.2) is 24.3 Å². The van der Waals surface area contributed by atoms with Gasteiger partial charge in [-0.1, -0.05) is 40.2 Å². The Bertz CT molecular complexity index is 996. The number of hydrogen-bond donors (Lipinski definition) is 1. The molecule has 0 aliphatic carbocycles. The molecule has 4 nitrogen and oxygen atoms in total. The monoisotopic (exact) mass is 578 g/mol. The van der Waals surface area contributed by atoms with E-state index < -0.39 is 5.97 Å². The molecule has 0 heterocycles. The number of halogens is 2. The Morgan fingerprint density at radius 2 is 1.63 bits per heavy atom. The fourth-order valence-electron chi connectivity index (χ4n) is 2.90. The summed E-state index contributed by atoms with van der Waals surface area (Å²) in [4.78, 5) is 10.7. The summed E-state index contributed by atoms with van der Waals surface area (Å²) in [5, 5.41) is 8.75. The van der Waals surface area contributed by atoms with E-state index in [1.807, 2.05) is 25.1 Å². The molecule has 0 amide bonds. The third-order valence-corrected chi connectivity index (χ3v) is 5.59. The smallest absolute Gasteiger partial charge is 0.341 e. The Balaban J connectivity index is 1.77. The van der Waals surface area contributed by atoms with E-state index in [-0.39, 0.29) is 6.61 Å². The highest BCUT2D eigenvalue weighted by atomic mass is 127. The van der Waals surface area contributed by atoms with Gasteiger partial charge in [0.2, 0.25) is 0 Å². The predicted octanol–water partition coefficient (Wildman–Crippen LogP) is 6.34. The summed E-state index contributed by atoms with van der Waals surface area (Å²) in [5.41, 5.74) is 4.15. The Morgan fingerprint density at radius 1 is 1.00 bits per heavy atom. The molecule has 0 saturated heterocycles. The van der Waals surface area contributed by atoms with Crippen molar-refractivity contribution in [1.29, 1.82) is 0 Å². The number of carbonyl (C=O) groups is 1. The summed E-state index contributed by atoms with van der Waals surface area (Å²) in [6.45, 7) is 1.89. The molecule has 6 heteroatoms. The number of hydrogen-bond acceptors (Lipinski definition) is 3. The van der Waals surface area contributed by atoms with Gasteiger partial charge in [-0.15, -0.1) is 0 Å². The molecule has 0 aromatic heterocycles. The molecule has 3 rings (SSSR count). The van der Waals surface area contributed by atoms with Crippen molar-refractivity contribution in [3.05, 3.63) is 97.5 Å². The van der Waals surface area contributed by atoms with Crippen LogP contribution >= 0.6 is 38.5 Å². The van der Waals surface area contributed by atoms with Crippen molar-refractivity contribution in [2.24, 2.45) is 0 Å². The zero-order valence-corrected chi connectivity index (χ0v) is 20.0. The minimum absolute atomic E-state index is 0.365. The van der Waals surface area contributed by atoms with Crippen LogP contribution in [0.25, 0.3) is 5.57 Å². The van der Waals surface area contributed by atoms with Crippen LogP contribution in [0.1, 0.15) is 16.7 Å². The molecule has 0 unspecified atom stereocenters. The molecule has 0 spiro atoms. The Hall–Kier alpha value is -2.32. The Morgan fingerprint density at radius 3 is 2.23 bits per heavy atom. The molecule has 3 aromatic rings. The maximum Gasteiger partial charge on any atom is 0.341 e. The summed E-state index contributed by atoms with van der Waals surface area (Å²) in [6, 6.07) is 21.9. The van der Waals surface area contributed by atoms with Crippen molar-refractivity contribution in [3.63, 3.8) is 0 Å². The number of benzene rings is 3. The standard InChI is InChI=1S/C24H20BrIO4/c1-16-14-21(10-11-23(16)30-15-24(27)28)29-13-12-22(17-2-6-19(25)7-3-17)18-4-8-20(26)9-5-18/h2-12,14H,13,15H2,1H3,(H,27,28)/b22-12-. The fourth-order valence-corrected chi connectivity index (χ4v) is 3.52. The third-order valence-electron chi connectivity index (χ3n) is 4.35. The van der Waals surface area contributed by atoms with Gasteiger partial charge in [-0.3, -0.25) is 0 Å². The first-order chi connectivity index (χ1) is 14.4. The highest BCUT2D eigenvalue weighted by Crippen LogP contribution is 2.27. The first-order valence-electron chi connectivity index (χ1n) is 9.22. The SMILES string of the molecule is Cc1cc(OC/C=C(/c2ccc(Br)cc2)c2ccc(I)cc2)ccc1OCC(=O)O. The van der Waals surface area contributed by atoms with Crippen LogP contribution in [0, 0.1) is 10.5 Å². The van der Waals surface area contributed by atoms with Gasteiger partial charge in [0, 0.05) is 8.04 Å². The first-order valence-corrected chi connectivity index (χ1v) is 11.1. The van der Waals surface area contributed by atoms with Gasteiger partial charge in [-0.2, -0.15) is 0 Å². The van der Waals surface area contributed by atoms with Gasteiger partial charge in [0.15, 0.2) is 6.61 Å². The first kappa shape index (κ1) is 22.4. The van der Waals surface area contributed by atoms with Gasteiger partial charge in [-0.25, -0.2) is 4.79 Å². The van der Waals surface area contributed by atoms with Crippen LogP contribution in [-0.2, 0) is 4.79 Å². The van der Waals surface area contributed by atoms with Gasteiger partial charge < -0.3 is 14.6 Å². The van der Waals surface area contributed by atoms with Gasteiger partial charge >= 0.3 is 5.97 Å². The van der Waals surface area contributed by atoms with Crippen LogP contribution in [0.5, 0.6) is 11.5 Å². The molecule has 0 saturated carbocycles. The molecule has 0 radical (unpaired) electrons. The molecule has 3 aromatic carbocycles. The molecular formula is C24H20BrIO4. The average Bonchev–Trinajstić information content (AvgIpc) is 2.72. The second-order valence-corrected chi connectivity index (χ2v) is 8.71. The lowest BCUT2D eigenvalue weighted by Gasteiger charge is -2.12. The molecular weight excluding hydrogens is 559 g/mol. The van der Waals surface area contributed by atoms with E-state index in [0.717, 1.165) is 26.7 Å². The van der Waals surface area contributed by atoms with Gasteiger partial charge in [0.25, 0.3) is 0 Å². The number of aliphatic carboxylic acids is 1. The molecule has 0 atom stereocenters. The topological polar surface area (TPSA) is 55.8 Å². The molecule has 30 heavy (non-hydrogen) atoms. The van der Waals surface area contributed by atoms with Crippen LogP contribution < -0.4 is 9.47 Å². The number of aryl methyl sites for hydroxylation is 1. The van der Waals surface area contributed by atoms with Crippen molar-refractivity contribution < 1.29 is 19.4 Å². The van der Waals surface area contributed by atoms with E-state index in [1.165, 1.54) is 3.57 Å². The molecule has 1 N–H and O–H groups in total. The fraction of sp³-hybridized carbons (Fsp3) is 0.125. The largest absolute Gasteiger partial charge is 0.489 e. The van der Waals surface area contributed by atoms with Crippen molar-refractivity contribution >= 4 is 50.1 Å². The zero-order valence-electron chi connectivity index (χ0n) is 16.3. The number of carboxylic acid groups (broad SMARTS) is 1. The Labute approximate surface area is 197 Å². The summed E-state index contributed by atoms with van der Waals surface area (Å²) in [7, 11) is 0. The van der Waals surface area contributed by atoms with E-state index in [0.29, 0.717) is 18.1 Å². The molecule has 0 aliphatic heterocycles. The van der Waals surface area contributed by atoms with Crippen molar-refractivity contribution in [3.8, 4) is 11.5 Å². The molecule has 0 bridgehead atoms. The predicted molar refractivity (Wildman–Crippen MR) is 130 cm³/mol. The van der Waals surface area contributed by atoms with Gasteiger partial charge in [0.1, 0.15) is 18.1 Å². The number of rotatable bonds is 8. The van der Waals surface area contributed by atoms with Gasteiger partial charge in [0.05, 0.1) is 0 Å². The van der Waals surface area contributed by atoms with E-state index in [9.17, 15) is 4.79 Å². The second-order valence-electron chi connectivity index (χ2n) is 6.55. The maximum absolute atomic E-state index is 10.7. The van der Waals surface area contributed by atoms with Crippen LogP contribution in [0.4, 0.5) is 0 Å². The third kappa shape index (κ3) is 6.34. The normalized spacial score (nSPS) is 11.2. The lowest BCUT2D eigenvalue weighted by atomic mass is 9.98. The lowest BCUT2D eigenvalue weighted by molar-refractivity contribution is -0.139. The molecule has 0 fully saturated rings. The minimum atomic E-state index is -1.00.